The van der Waals surface area contributed by atoms with Crippen LogP contribution in [0.25, 0.3) is 10.4 Å². The molecule has 4 aromatic rings. The molecule has 5 aliphatic rings. The number of piperidine rings is 2. The topological polar surface area (TPSA) is 225 Å². The molecule has 9 rings (SSSR count). The Hall–Kier alpha value is -5.41. The number of halogens is 2. The molecule has 0 radical (unpaired) electrons. The summed E-state index contributed by atoms with van der Waals surface area (Å²) in [7, 11) is 0. The van der Waals surface area contributed by atoms with Crippen LogP contribution in [-0.2, 0) is 30.5 Å². The lowest BCUT2D eigenvalue weighted by Gasteiger charge is -2.39. The number of thiazole rings is 1. The largest absolute Gasteiger partial charge is 0.493 e. The molecule has 3 aliphatic heterocycles. The van der Waals surface area contributed by atoms with Crippen molar-refractivity contribution in [2.45, 2.75) is 146 Å². The van der Waals surface area contributed by atoms with E-state index in [2.05, 4.69) is 42.7 Å². The zero-order valence-electron chi connectivity index (χ0n) is 44.7. The van der Waals surface area contributed by atoms with Gasteiger partial charge in [-0.2, -0.15) is 0 Å². The molecule has 0 bridgehead atoms. The van der Waals surface area contributed by atoms with E-state index in [1.54, 1.807) is 44.7 Å². The van der Waals surface area contributed by atoms with Crippen LogP contribution in [0.4, 0.5) is 15.9 Å². The fourth-order valence-corrected chi connectivity index (χ4v) is 12.4. The van der Waals surface area contributed by atoms with Crippen LogP contribution >= 0.6 is 34.7 Å². The maximum absolute atomic E-state index is 14.7. The van der Waals surface area contributed by atoms with Gasteiger partial charge in [-0.3, -0.25) is 24.0 Å². The number of nitrogens with zero attached hydrogens (tertiary/aromatic N) is 6. The van der Waals surface area contributed by atoms with Crippen LogP contribution in [0.15, 0.2) is 64.2 Å². The van der Waals surface area contributed by atoms with Gasteiger partial charge in [0, 0.05) is 56.1 Å². The summed E-state index contributed by atoms with van der Waals surface area (Å²) in [6, 6.07) is 9.14. The number of aromatic nitrogens is 3. The Morgan fingerprint density at radius 2 is 1.73 bits per heavy atom. The van der Waals surface area contributed by atoms with Gasteiger partial charge in [-0.05, 0) is 118 Å². The average molecular weight is 1120 g/mol. The summed E-state index contributed by atoms with van der Waals surface area (Å²) < 4.78 is 21.2. The molecular weight excluding hydrogens is 1040 g/mol. The number of likely N-dealkylation sites (tertiary alicyclic amines) is 2. The second kappa shape index (κ2) is 23.1. The van der Waals surface area contributed by atoms with Crippen molar-refractivity contribution < 1.29 is 38.2 Å². The molecule has 0 unspecified atom stereocenters. The lowest BCUT2D eigenvalue weighted by molar-refractivity contribution is -0.145. The maximum atomic E-state index is 14.7. The summed E-state index contributed by atoms with van der Waals surface area (Å²) in [4.78, 5) is 89.4. The fourth-order valence-electron chi connectivity index (χ4n) is 10.6. The van der Waals surface area contributed by atoms with E-state index in [4.69, 9.17) is 22.1 Å². The second-order valence-corrected chi connectivity index (χ2v) is 25.4. The third-order valence-electron chi connectivity index (χ3n) is 16.2. The van der Waals surface area contributed by atoms with Gasteiger partial charge >= 0.3 is 0 Å². The molecule has 3 atom stereocenters. The summed E-state index contributed by atoms with van der Waals surface area (Å²) in [5, 5.41) is 20.3. The summed E-state index contributed by atoms with van der Waals surface area (Å²) in [5.74, 6) is -0.559. The number of carbonyl (C=O) groups excluding carboxylic acids is 5. The van der Waals surface area contributed by atoms with E-state index in [0.717, 1.165) is 79.1 Å². The van der Waals surface area contributed by atoms with Crippen LogP contribution in [0.1, 0.15) is 110 Å². The van der Waals surface area contributed by atoms with E-state index < -0.39 is 52.4 Å². The minimum absolute atomic E-state index is 0.0133. The van der Waals surface area contributed by atoms with Crippen molar-refractivity contribution in [3.63, 3.8) is 0 Å². The molecule has 2 aromatic heterocycles. The first-order valence-electron chi connectivity index (χ1n) is 27.0. The number of nitrogens with two attached hydrogens (primary N) is 1. The van der Waals surface area contributed by atoms with Crippen molar-refractivity contribution in [3.8, 4) is 16.2 Å². The lowest BCUT2D eigenvalue weighted by Crippen LogP contribution is -2.59. The SMILES string of the molecule is Cc1ncsc1-c1ccc(CNC(=O)[C@@H]2C[C@@H](O)CN2C(=O)[C@@H](NC(=O)C2(F)CC2)C(C)(C)C)c(OCCCC2CCN(C(=O)C3(C(=O)Nc4cccc(Sc5cnc(N6CCC(C)(CN)CC6)cn5)c4Cl)CC3)CC2)c1. The number of carbonyl (C=O) groups is 5. The van der Waals surface area contributed by atoms with Gasteiger partial charge in [0.05, 0.1) is 51.9 Å². The third kappa shape index (κ3) is 12.9. The molecule has 5 fully saturated rings. The first-order valence-corrected chi connectivity index (χ1v) is 29.0. The number of β-amino-alcohol motifs (C(OH)–C–C–N with tert-alkyl or cyclic N) is 1. The summed E-state index contributed by atoms with van der Waals surface area (Å²) in [5.41, 5.74) is 7.02. The van der Waals surface area contributed by atoms with Crippen molar-refractivity contribution in [1.82, 2.24) is 35.4 Å². The fraction of sp³-hybridized carbons (Fsp3) is 0.571. The molecule has 2 aliphatic carbocycles. The Balaban J connectivity index is 0.756. The molecule has 414 valence electrons. The molecule has 0 spiro atoms. The van der Waals surface area contributed by atoms with Crippen LogP contribution in [-0.4, -0.2) is 129 Å². The standard InChI is InChI=1S/C56H72ClFN10O7S2/c1-34-46(76-33-63-34)36-11-12-37(28-62-48(70)40-27-38(69)31-68(40)49(71)47(53(2,3)4)65-51(73)56(58)17-18-56)41(26-36)75-25-7-8-35-13-21-67(22-14-35)52(74)55(15-16-55)50(72)64-39-9-6-10-42(45(39)57)77-44-30-60-43(29-61-44)66-23-19-54(5,32-59)20-24-66/h6,9-12,26,29-30,33,35,38,40,47,69H,7-8,13-25,27-28,31-32,59H2,1-5H3,(H,62,70)(H,64,72)(H,65,73)/t38-,40+,47-/m1/s1. The van der Waals surface area contributed by atoms with E-state index in [0.29, 0.717) is 71.4 Å². The minimum Gasteiger partial charge on any atom is -0.493 e. The van der Waals surface area contributed by atoms with Gasteiger partial charge in [0.25, 0.3) is 5.91 Å². The Bertz CT molecular complexity index is 2830. The summed E-state index contributed by atoms with van der Waals surface area (Å²) >= 11 is 9.77. The smallest absolute Gasteiger partial charge is 0.258 e. The Morgan fingerprint density at radius 3 is 2.36 bits per heavy atom. The highest BCUT2D eigenvalue weighted by molar-refractivity contribution is 7.99. The minimum atomic E-state index is -1.98. The number of nitrogens with one attached hydrogen (secondary N) is 3. The highest BCUT2D eigenvalue weighted by atomic mass is 35.5. The Morgan fingerprint density at radius 1 is 0.987 bits per heavy atom. The lowest BCUT2D eigenvalue weighted by atomic mass is 9.80. The Kier molecular flexibility index (Phi) is 16.9. The first-order chi connectivity index (χ1) is 36.7. The van der Waals surface area contributed by atoms with Crippen molar-refractivity contribution in [2.24, 2.45) is 27.9 Å². The number of benzene rings is 2. The van der Waals surface area contributed by atoms with Gasteiger partial charge in [0.15, 0.2) is 5.67 Å². The highest BCUT2D eigenvalue weighted by Gasteiger charge is 2.58. The van der Waals surface area contributed by atoms with Crippen LogP contribution in [0, 0.1) is 29.1 Å². The highest BCUT2D eigenvalue weighted by Crippen LogP contribution is 2.50. The van der Waals surface area contributed by atoms with Gasteiger partial charge in [-0.1, -0.05) is 69.3 Å². The molecular formula is C56H72ClFN10O7S2. The van der Waals surface area contributed by atoms with E-state index in [1.165, 1.54) is 28.0 Å². The number of aliphatic hydroxyl groups excluding tert-OH is 1. The number of anilines is 2. The van der Waals surface area contributed by atoms with Gasteiger partial charge in [-0.25, -0.2) is 19.3 Å². The number of alkyl halides is 1. The third-order valence-corrected chi connectivity index (χ3v) is 18.7. The number of amides is 5. The number of ether oxygens (including phenoxy) is 1. The van der Waals surface area contributed by atoms with Gasteiger partial charge in [-0.15, -0.1) is 11.3 Å². The predicted molar refractivity (Wildman–Crippen MR) is 295 cm³/mol. The molecule has 6 N–H and O–H groups in total. The van der Waals surface area contributed by atoms with Crippen LogP contribution in [0.2, 0.25) is 5.02 Å². The number of aliphatic hydroxyl groups is 1. The zero-order valence-corrected chi connectivity index (χ0v) is 47.1. The van der Waals surface area contributed by atoms with E-state index in [9.17, 15) is 33.5 Å². The molecule has 5 amide bonds. The Labute approximate surface area is 463 Å². The molecule has 5 heterocycles. The number of rotatable bonds is 19. The van der Waals surface area contributed by atoms with Crippen LogP contribution in [0.5, 0.6) is 5.75 Å². The van der Waals surface area contributed by atoms with Crippen molar-refractivity contribution >= 4 is 75.7 Å². The molecule has 3 saturated heterocycles. The molecule has 77 heavy (non-hydrogen) atoms. The monoisotopic (exact) mass is 1110 g/mol. The maximum Gasteiger partial charge on any atom is 0.258 e. The molecule has 2 saturated carbocycles. The van der Waals surface area contributed by atoms with Crippen molar-refractivity contribution in [1.29, 1.82) is 0 Å². The van der Waals surface area contributed by atoms with Gasteiger partial charge < -0.3 is 46.2 Å². The van der Waals surface area contributed by atoms with Gasteiger partial charge in [0.1, 0.15) is 34.1 Å². The molecule has 2 aromatic carbocycles. The first kappa shape index (κ1) is 56.3. The van der Waals surface area contributed by atoms with Crippen LogP contribution in [0.3, 0.4) is 0 Å². The quantitative estimate of drug-likeness (QED) is 0.0449. The van der Waals surface area contributed by atoms with E-state index in [1.807, 2.05) is 42.2 Å². The van der Waals surface area contributed by atoms with Crippen molar-refractivity contribution in [3.05, 3.63) is 70.6 Å². The van der Waals surface area contributed by atoms with Crippen molar-refractivity contribution in [2.75, 3.05) is 56.1 Å². The molecule has 17 nitrogen and oxygen atoms in total. The normalized spacial score (nSPS) is 21.0. The number of hydrogen-bond donors (Lipinski definition) is 5. The number of hydrogen-bond acceptors (Lipinski definition) is 14. The van der Waals surface area contributed by atoms with E-state index >= 15 is 0 Å². The number of aryl methyl sites for hydroxylation is 1. The zero-order chi connectivity index (χ0) is 54.9. The van der Waals surface area contributed by atoms with Crippen LogP contribution < -0.4 is 31.3 Å². The summed E-state index contributed by atoms with van der Waals surface area (Å²) in [6.07, 6.45) is 8.96. The van der Waals surface area contributed by atoms with Gasteiger partial charge in [0.2, 0.25) is 23.6 Å². The predicted octanol–water partition coefficient (Wildman–Crippen LogP) is 7.71. The average Bonchev–Trinajstić information content (AvgIpc) is 4.39. The van der Waals surface area contributed by atoms with E-state index in [-0.39, 0.29) is 49.6 Å². The molecule has 21 heteroatoms. The second-order valence-electron chi connectivity index (χ2n) is 23.1. The summed E-state index contributed by atoms with van der Waals surface area (Å²) in [6.45, 7) is 13.4.